The number of aliphatic hydroxyl groups excluding tert-OH is 1. The molecule has 2 fully saturated rings. The lowest BCUT2D eigenvalue weighted by molar-refractivity contribution is -0.272. The van der Waals surface area contributed by atoms with Crippen LogP contribution in [-0.2, 0) is 25.9 Å². The number of carbonyl (C=O) groups is 1. The summed E-state index contributed by atoms with van der Waals surface area (Å²) >= 11 is 0. The molecule has 2 aromatic rings. The molecule has 0 aromatic heterocycles. The standard InChI is InChI=1S/C27H36N2O8S/c1-35-22-9-11-24(12-10-22)38(33,34)28(17-23-8-5-14-37-23)18-26(30)25(16-20-6-3-2-4-7-20)29(27(31)32)21-13-15-36-19-21/h2-4,6-7,9-12,21,23,25-26,30H,5,8,13-19H2,1H3,(H,31,32)/p-1/t21-,23?,25-,26+/m0/s1. The van der Waals surface area contributed by atoms with E-state index in [0.29, 0.717) is 31.8 Å². The summed E-state index contributed by atoms with van der Waals surface area (Å²) in [5.74, 6) is 0.515. The van der Waals surface area contributed by atoms with Crippen molar-refractivity contribution in [3.05, 3.63) is 60.2 Å². The maximum Gasteiger partial charge on any atom is 0.243 e. The quantitative estimate of drug-likeness (QED) is 0.421. The summed E-state index contributed by atoms with van der Waals surface area (Å²) in [6, 6.07) is 13.8. The molecule has 2 aliphatic rings. The zero-order valence-corrected chi connectivity index (χ0v) is 22.3. The Labute approximate surface area is 223 Å². The van der Waals surface area contributed by atoms with Crippen LogP contribution in [-0.4, -0.2) is 93.1 Å². The summed E-state index contributed by atoms with van der Waals surface area (Å²) in [7, 11) is -2.55. The van der Waals surface area contributed by atoms with Crippen molar-refractivity contribution in [2.75, 3.05) is 40.0 Å². The predicted octanol–water partition coefficient (Wildman–Crippen LogP) is 1.27. The van der Waals surface area contributed by atoms with Crippen LogP contribution >= 0.6 is 0 Å². The van der Waals surface area contributed by atoms with E-state index in [-0.39, 0.29) is 37.1 Å². The van der Waals surface area contributed by atoms with Gasteiger partial charge in [-0.05, 0) is 55.5 Å². The number of benzene rings is 2. The molecule has 0 bridgehead atoms. The minimum atomic E-state index is -4.05. The Hall–Kier alpha value is -2.70. The third-order valence-corrected chi connectivity index (χ3v) is 8.96. The van der Waals surface area contributed by atoms with E-state index < -0.39 is 34.3 Å². The number of aliphatic hydroxyl groups is 1. The summed E-state index contributed by atoms with van der Waals surface area (Å²) in [4.78, 5) is 13.5. The number of rotatable bonds is 12. The maximum absolute atomic E-state index is 13.8. The SMILES string of the molecule is COc1ccc(S(=O)(=O)N(CC2CCCO2)C[C@@H](O)[C@H](Cc2ccccc2)N(C(=O)[O-])[C@H]2CCOC2)cc1. The maximum atomic E-state index is 13.8. The Kier molecular flexibility index (Phi) is 9.61. The minimum Gasteiger partial charge on any atom is -0.530 e. The molecule has 10 nitrogen and oxygen atoms in total. The fraction of sp³-hybridized carbons (Fsp3) is 0.519. The number of carbonyl (C=O) groups excluding carboxylic acids is 1. The van der Waals surface area contributed by atoms with Crippen LogP contribution in [0.25, 0.3) is 0 Å². The van der Waals surface area contributed by atoms with Crippen LogP contribution in [0.3, 0.4) is 0 Å². The first-order valence-corrected chi connectivity index (χ1v) is 14.3. The predicted molar refractivity (Wildman–Crippen MR) is 137 cm³/mol. The molecule has 2 heterocycles. The normalized spacial score (nSPS) is 21.3. The van der Waals surface area contributed by atoms with Crippen molar-refractivity contribution in [2.45, 2.75) is 54.9 Å². The average molecular weight is 548 g/mol. The first kappa shape index (κ1) is 28.3. The molecule has 1 N–H and O–H groups in total. The molecule has 0 saturated carbocycles. The lowest BCUT2D eigenvalue weighted by Gasteiger charge is -2.41. The Balaban J connectivity index is 1.65. The smallest absolute Gasteiger partial charge is 0.243 e. The van der Waals surface area contributed by atoms with E-state index in [4.69, 9.17) is 14.2 Å². The number of methoxy groups -OCH3 is 1. The van der Waals surface area contributed by atoms with Crippen molar-refractivity contribution in [2.24, 2.45) is 0 Å². The van der Waals surface area contributed by atoms with Crippen molar-refractivity contribution < 1.29 is 37.6 Å². The van der Waals surface area contributed by atoms with Gasteiger partial charge in [0.15, 0.2) is 0 Å². The van der Waals surface area contributed by atoms with E-state index in [1.165, 1.54) is 23.5 Å². The molecule has 4 rings (SSSR count). The highest BCUT2D eigenvalue weighted by atomic mass is 32.2. The molecular weight excluding hydrogens is 512 g/mol. The molecule has 1 unspecified atom stereocenters. The van der Waals surface area contributed by atoms with Gasteiger partial charge in [-0.3, -0.25) is 0 Å². The van der Waals surface area contributed by atoms with E-state index in [1.807, 2.05) is 30.3 Å². The monoisotopic (exact) mass is 547 g/mol. The molecule has 2 aromatic carbocycles. The van der Waals surface area contributed by atoms with Crippen LogP contribution in [0.1, 0.15) is 24.8 Å². The van der Waals surface area contributed by atoms with Crippen LogP contribution < -0.4 is 9.84 Å². The van der Waals surface area contributed by atoms with Crippen molar-refractivity contribution >= 4 is 16.1 Å². The Morgan fingerprint density at radius 2 is 1.87 bits per heavy atom. The summed E-state index contributed by atoms with van der Waals surface area (Å²) in [6.07, 6.45) is -0.919. The van der Waals surface area contributed by atoms with E-state index in [2.05, 4.69) is 0 Å². The largest absolute Gasteiger partial charge is 0.530 e. The number of ether oxygens (including phenoxy) is 3. The minimum absolute atomic E-state index is 0.0430. The van der Waals surface area contributed by atoms with Gasteiger partial charge in [0.2, 0.25) is 10.0 Å². The van der Waals surface area contributed by atoms with E-state index in [9.17, 15) is 23.4 Å². The van der Waals surface area contributed by atoms with Crippen molar-refractivity contribution in [3.8, 4) is 5.75 Å². The van der Waals surface area contributed by atoms with E-state index >= 15 is 0 Å². The third-order valence-electron chi connectivity index (χ3n) is 7.12. The highest BCUT2D eigenvalue weighted by Gasteiger charge is 2.38. The van der Waals surface area contributed by atoms with Crippen LogP contribution in [0.15, 0.2) is 59.5 Å². The molecule has 0 spiro atoms. The Bertz CT molecular complexity index is 1130. The van der Waals surface area contributed by atoms with Crippen LogP contribution in [0.2, 0.25) is 0 Å². The number of hydrogen-bond donors (Lipinski definition) is 1. The van der Waals surface area contributed by atoms with Gasteiger partial charge in [0, 0.05) is 26.3 Å². The zero-order valence-electron chi connectivity index (χ0n) is 21.5. The molecule has 1 amide bonds. The molecule has 208 valence electrons. The van der Waals surface area contributed by atoms with Crippen LogP contribution in [0.4, 0.5) is 4.79 Å². The summed E-state index contributed by atoms with van der Waals surface area (Å²) in [6.45, 7) is 0.861. The van der Waals surface area contributed by atoms with Gasteiger partial charge < -0.3 is 34.1 Å². The van der Waals surface area contributed by atoms with Gasteiger partial charge in [-0.2, -0.15) is 4.31 Å². The van der Waals surface area contributed by atoms with Gasteiger partial charge in [0.05, 0.1) is 42.9 Å². The van der Waals surface area contributed by atoms with E-state index in [1.54, 1.807) is 12.1 Å². The number of nitrogens with zero attached hydrogens (tertiary/aromatic N) is 2. The highest BCUT2D eigenvalue weighted by Crippen LogP contribution is 2.26. The molecule has 38 heavy (non-hydrogen) atoms. The Morgan fingerprint density at radius 1 is 1.13 bits per heavy atom. The highest BCUT2D eigenvalue weighted by molar-refractivity contribution is 7.89. The molecule has 4 atom stereocenters. The van der Waals surface area contributed by atoms with Gasteiger partial charge in [-0.1, -0.05) is 30.3 Å². The second-order valence-corrected chi connectivity index (χ2v) is 11.6. The fourth-order valence-electron chi connectivity index (χ4n) is 5.09. The van der Waals surface area contributed by atoms with Crippen LogP contribution in [0, 0.1) is 0 Å². The van der Waals surface area contributed by atoms with E-state index in [0.717, 1.165) is 16.9 Å². The lowest BCUT2D eigenvalue weighted by atomic mass is 9.97. The van der Waals surface area contributed by atoms with Gasteiger partial charge in [-0.25, -0.2) is 8.42 Å². The second kappa shape index (κ2) is 12.9. The fourth-order valence-corrected chi connectivity index (χ4v) is 6.58. The molecule has 11 heteroatoms. The lowest BCUT2D eigenvalue weighted by Crippen LogP contribution is -2.59. The topological polar surface area (TPSA) is 129 Å². The summed E-state index contributed by atoms with van der Waals surface area (Å²) < 4.78 is 45.0. The summed E-state index contributed by atoms with van der Waals surface area (Å²) in [5.41, 5.74) is 0.811. The number of hydrogen-bond acceptors (Lipinski definition) is 8. The average Bonchev–Trinajstić information content (AvgIpc) is 3.63. The Morgan fingerprint density at radius 3 is 2.45 bits per heavy atom. The molecule has 0 aliphatic carbocycles. The molecule has 2 saturated heterocycles. The zero-order chi connectivity index (χ0) is 27.1. The molecule has 0 radical (unpaired) electrons. The molecular formula is C27H35N2O8S-. The van der Waals surface area contributed by atoms with Gasteiger partial charge in [0.25, 0.3) is 0 Å². The van der Waals surface area contributed by atoms with Crippen LogP contribution in [0.5, 0.6) is 5.75 Å². The van der Waals surface area contributed by atoms with Gasteiger partial charge >= 0.3 is 0 Å². The molecule has 2 aliphatic heterocycles. The van der Waals surface area contributed by atoms with Gasteiger partial charge in [-0.15, -0.1) is 0 Å². The first-order chi connectivity index (χ1) is 18.3. The van der Waals surface area contributed by atoms with Crippen molar-refractivity contribution in [1.29, 1.82) is 0 Å². The summed E-state index contributed by atoms with van der Waals surface area (Å²) in [5, 5.41) is 23.9. The number of amides is 1. The van der Waals surface area contributed by atoms with Gasteiger partial charge in [0.1, 0.15) is 11.8 Å². The second-order valence-electron chi connectivity index (χ2n) is 9.65. The first-order valence-electron chi connectivity index (χ1n) is 12.8. The number of carboxylic acid groups (broad SMARTS) is 1. The third kappa shape index (κ3) is 6.83. The number of sulfonamides is 1. The van der Waals surface area contributed by atoms with Crippen molar-refractivity contribution in [1.82, 2.24) is 9.21 Å². The van der Waals surface area contributed by atoms with Crippen molar-refractivity contribution in [3.63, 3.8) is 0 Å².